The van der Waals surface area contributed by atoms with Crippen LogP contribution < -0.4 is 14.2 Å². The molecule has 2 aromatic carbocycles. The molecule has 1 fully saturated rings. The van der Waals surface area contributed by atoms with E-state index in [0.29, 0.717) is 26.3 Å². The molecule has 0 aliphatic carbocycles. The highest BCUT2D eigenvalue weighted by Gasteiger charge is 2.20. The molecule has 1 aliphatic heterocycles. The molecule has 0 radical (unpaired) electrons. The van der Waals surface area contributed by atoms with Crippen LogP contribution in [-0.2, 0) is 6.54 Å². The Morgan fingerprint density at radius 3 is 1.86 bits per heavy atom. The lowest BCUT2D eigenvalue weighted by Gasteiger charge is -2.33. The number of benzene rings is 2. The molecule has 0 saturated carbocycles. The van der Waals surface area contributed by atoms with Crippen LogP contribution in [0.1, 0.15) is 5.56 Å². The van der Waals surface area contributed by atoms with E-state index in [9.17, 15) is 4.79 Å². The van der Waals surface area contributed by atoms with E-state index in [1.807, 2.05) is 48.5 Å². The number of hydrogen-bond donors (Lipinski definition) is 1. The molecule has 1 amide bonds. The minimum atomic E-state index is -0.836. The molecule has 1 N–H and O–H groups in total. The summed E-state index contributed by atoms with van der Waals surface area (Å²) in [6, 6.07) is 15.4. The maximum atomic E-state index is 11.0. The first kappa shape index (κ1) is 19.8. The maximum absolute atomic E-state index is 11.0. The van der Waals surface area contributed by atoms with Crippen molar-refractivity contribution in [2.45, 2.75) is 6.54 Å². The van der Waals surface area contributed by atoms with Gasteiger partial charge in [-0.1, -0.05) is 12.1 Å². The second-order valence-electron chi connectivity index (χ2n) is 6.56. The standard InChI is InChI=1S/C21H26N2O5/c1-26-18-6-8-20(9-7-18)28-15-14-27-19-4-2-17(3-5-19)16-22-10-12-23(13-11-22)21(24)25/h2-9H,10-16H2,1H3,(H,24,25). The van der Waals surface area contributed by atoms with Gasteiger partial charge < -0.3 is 24.2 Å². The zero-order chi connectivity index (χ0) is 19.8. The van der Waals surface area contributed by atoms with Crippen molar-refractivity contribution in [2.24, 2.45) is 0 Å². The van der Waals surface area contributed by atoms with Gasteiger partial charge in [0.1, 0.15) is 30.5 Å². The van der Waals surface area contributed by atoms with Gasteiger partial charge in [0.05, 0.1) is 7.11 Å². The molecule has 1 saturated heterocycles. The Labute approximate surface area is 165 Å². The topological polar surface area (TPSA) is 71.5 Å². The highest BCUT2D eigenvalue weighted by Crippen LogP contribution is 2.18. The Morgan fingerprint density at radius 1 is 0.857 bits per heavy atom. The molecule has 0 bridgehead atoms. The summed E-state index contributed by atoms with van der Waals surface area (Å²) in [5, 5.41) is 9.00. The molecule has 0 aromatic heterocycles. The Hall–Kier alpha value is -2.93. The molecule has 0 atom stereocenters. The molecular formula is C21H26N2O5. The summed E-state index contributed by atoms with van der Waals surface area (Å²) in [6.07, 6.45) is -0.836. The number of amides is 1. The first-order chi connectivity index (χ1) is 13.6. The van der Waals surface area contributed by atoms with Crippen molar-refractivity contribution >= 4 is 6.09 Å². The summed E-state index contributed by atoms with van der Waals surface area (Å²) in [5.41, 5.74) is 1.19. The number of carbonyl (C=O) groups is 1. The van der Waals surface area contributed by atoms with Crippen LogP contribution in [0.5, 0.6) is 17.2 Å². The molecule has 7 nitrogen and oxygen atoms in total. The first-order valence-corrected chi connectivity index (χ1v) is 9.33. The third-order valence-electron chi connectivity index (χ3n) is 4.65. The van der Waals surface area contributed by atoms with Crippen molar-refractivity contribution in [3.63, 3.8) is 0 Å². The minimum Gasteiger partial charge on any atom is -0.497 e. The number of methoxy groups -OCH3 is 1. The van der Waals surface area contributed by atoms with Crippen LogP contribution in [0.25, 0.3) is 0 Å². The van der Waals surface area contributed by atoms with Crippen molar-refractivity contribution in [2.75, 3.05) is 46.5 Å². The summed E-state index contributed by atoms with van der Waals surface area (Å²) >= 11 is 0. The molecule has 0 spiro atoms. The van der Waals surface area contributed by atoms with E-state index in [0.717, 1.165) is 36.9 Å². The number of carboxylic acid groups (broad SMARTS) is 1. The lowest BCUT2D eigenvalue weighted by molar-refractivity contribution is 0.103. The first-order valence-electron chi connectivity index (χ1n) is 9.33. The summed E-state index contributed by atoms with van der Waals surface area (Å²) in [7, 11) is 1.63. The van der Waals surface area contributed by atoms with Crippen molar-refractivity contribution in [3.8, 4) is 17.2 Å². The Kier molecular flexibility index (Phi) is 6.97. The summed E-state index contributed by atoms with van der Waals surface area (Å²) in [5.74, 6) is 2.38. The monoisotopic (exact) mass is 386 g/mol. The van der Waals surface area contributed by atoms with E-state index < -0.39 is 6.09 Å². The van der Waals surface area contributed by atoms with Crippen LogP contribution in [-0.4, -0.2) is 67.5 Å². The zero-order valence-electron chi connectivity index (χ0n) is 16.0. The lowest BCUT2D eigenvalue weighted by Crippen LogP contribution is -2.47. The molecule has 2 aromatic rings. The second kappa shape index (κ2) is 9.85. The quantitative estimate of drug-likeness (QED) is 0.704. The van der Waals surface area contributed by atoms with Crippen LogP contribution in [0.15, 0.2) is 48.5 Å². The predicted molar refractivity (Wildman–Crippen MR) is 105 cm³/mol. The Morgan fingerprint density at radius 2 is 1.36 bits per heavy atom. The highest BCUT2D eigenvalue weighted by atomic mass is 16.5. The van der Waals surface area contributed by atoms with Crippen molar-refractivity contribution in [1.29, 1.82) is 0 Å². The van der Waals surface area contributed by atoms with E-state index in [-0.39, 0.29) is 0 Å². The maximum Gasteiger partial charge on any atom is 0.407 e. The van der Waals surface area contributed by atoms with Gasteiger partial charge in [0, 0.05) is 32.7 Å². The van der Waals surface area contributed by atoms with Crippen LogP contribution in [0.4, 0.5) is 4.79 Å². The average Bonchev–Trinajstić information content (AvgIpc) is 2.73. The highest BCUT2D eigenvalue weighted by molar-refractivity contribution is 5.65. The van der Waals surface area contributed by atoms with Gasteiger partial charge in [-0.05, 0) is 42.0 Å². The van der Waals surface area contributed by atoms with Crippen molar-refractivity contribution < 1.29 is 24.1 Å². The van der Waals surface area contributed by atoms with Gasteiger partial charge in [-0.2, -0.15) is 0 Å². The van der Waals surface area contributed by atoms with Gasteiger partial charge in [-0.25, -0.2) is 4.79 Å². The number of piperazine rings is 1. The van der Waals surface area contributed by atoms with Crippen molar-refractivity contribution in [3.05, 3.63) is 54.1 Å². The van der Waals surface area contributed by atoms with Crippen LogP contribution in [0, 0.1) is 0 Å². The fraction of sp³-hybridized carbons (Fsp3) is 0.381. The molecule has 7 heteroatoms. The fourth-order valence-electron chi connectivity index (χ4n) is 3.04. The van der Waals surface area contributed by atoms with E-state index in [4.69, 9.17) is 19.3 Å². The Bertz CT molecular complexity index is 740. The van der Waals surface area contributed by atoms with Crippen LogP contribution in [0.2, 0.25) is 0 Å². The predicted octanol–water partition coefficient (Wildman–Crippen LogP) is 2.95. The zero-order valence-corrected chi connectivity index (χ0v) is 16.0. The lowest BCUT2D eigenvalue weighted by atomic mass is 10.2. The van der Waals surface area contributed by atoms with Crippen LogP contribution in [0.3, 0.4) is 0 Å². The molecule has 3 rings (SSSR count). The molecule has 1 heterocycles. The number of nitrogens with zero attached hydrogens (tertiary/aromatic N) is 2. The molecule has 0 unspecified atom stereocenters. The summed E-state index contributed by atoms with van der Waals surface area (Å²) < 4.78 is 16.5. The van der Waals surface area contributed by atoms with Gasteiger partial charge in [0.15, 0.2) is 0 Å². The van der Waals surface area contributed by atoms with Gasteiger partial charge in [0.25, 0.3) is 0 Å². The Balaban J connectivity index is 1.36. The molecule has 28 heavy (non-hydrogen) atoms. The van der Waals surface area contributed by atoms with E-state index >= 15 is 0 Å². The molecular weight excluding hydrogens is 360 g/mol. The second-order valence-corrected chi connectivity index (χ2v) is 6.56. The minimum absolute atomic E-state index is 0.460. The average molecular weight is 386 g/mol. The normalized spacial score (nSPS) is 14.5. The molecule has 1 aliphatic rings. The smallest absolute Gasteiger partial charge is 0.407 e. The van der Waals surface area contributed by atoms with Crippen molar-refractivity contribution in [1.82, 2.24) is 9.80 Å². The molecule has 150 valence electrons. The van der Waals surface area contributed by atoms with E-state index in [2.05, 4.69) is 4.90 Å². The number of ether oxygens (including phenoxy) is 3. The van der Waals surface area contributed by atoms with Crippen LogP contribution >= 0.6 is 0 Å². The van der Waals surface area contributed by atoms with E-state index in [1.165, 1.54) is 10.5 Å². The van der Waals surface area contributed by atoms with E-state index in [1.54, 1.807) is 7.11 Å². The largest absolute Gasteiger partial charge is 0.497 e. The van der Waals surface area contributed by atoms with Gasteiger partial charge in [0.2, 0.25) is 0 Å². The van der Waals surface area contributed by atoms with Gasteiger partial charge in [-0.15, -0.1) is 0 Å². The van der Waals surface area contributed by atoms with Gasteiger partial charge >= 0.3 is 6.09 Å². The van der Waals surface area contributed by atoms with Gasteiger partial charge in [-0.3, -0.25) is 4.90 Å². The fourth-order valence-corrected chi connectivity index (χ4v) is 3.04. The number of hydrogen-bond acceptors (Lipinski definition) is 5. The summed E-state index contributed by atoms with van der Waals surface area (Å²) in [6.45, 7) is 4.37. The number of rotatable bonds is 8. The third kappa shape index (κ3) is 5.79. The summed E-state index contributed by atoms with van der Waals surface area (Å²) in [4.78, 5) is 14.7. The third-order valence-corrected chi connectivity index (χ3v) is 4.65. The SMILES string of the molecule is COc1ccc(OCCOc2ccc(CN3CCN(C(=O)O)CC3)cc2)cc1.